The van der Waals surface area contributed by atoms with Crippen LogP contribution in [0, 0.1) is 0 Å². The van der Waals surface area contributed by atoms with Gasteiger partial charge in [-0.05, 0) is 61.0 Å². The maximum atomic E-state index is 14.0. The Bertz CT molecular complexity index is 1370. The summed E-state index contributed by atoms with van der Waals surface area (Å²) >= 11 is 0. The number of hydrazine groups is 1. The van der Waals surface area contributed by atoms with Crippen molar-refractivity contribution in [3.8, 4) is 0 Å². The van der Waals surface area contributed by atoms with Crippen LogP contribution >= 0.6 is 7.26 Å². The van der Waals surface area contributed by atoms with Crippen molar-refractivity contribution in [2.75, 3.05) is 12.0 Å². The van der Waals surface area contributed by atoms with E-state index in [0.717, 1.165) is 11.3 Å². The fourth-order valence-corrected chi connectivity index (χ4v) is 10.4. The van der Waals surface area contributed by atoms with Crippen LogP contribution in [0.25, 0.3) is 0 Å². The van der Waals surface area contributed by atoms with E-state index in [1.165, 1.54) is 15.9 Å². The van der Waals surface area contributed by atoms with Crippen molar-refractivity contribution in [1.82, 2.24) is 5.43 Å². The smallest absolute Gasteiger partial charge is 0.329 e. The van der Waals surface area contributed by atoms with Crippen molar-refractivity contribution in [3.05, 3.63) is 157 Å². The summed E-state index contributed by atoms with van der Waals surface area (Å²) in [4.78, 5) is 14.0. The summed E-state index contributed by atoms with van der Waals surface area (Å²) in [5.74, 6) is -0.299. The first-order valence-corrected chi connectivity index (χ1v) is 15.4. The predicted octanol–water partition coefficient (Wildman–Crippen LogP) is 6.27. The molecular formula is C35H34N2O2P+. The SMILES string of the molecule is CCOC(=O)[C@@H](NNc1ccccc1)[C@H](c1ccccc1)[P+](c1ccccc1)(c1ccccc1)c1ccccc1. The second-order valence-electron chi connectivity index (χ2n) is 9.45. The number of nitrogens with one attached hydrogen (secondary N) is 2. The molecule has 0 heterocycles. The van der Waals surface area contributed by atoms with Crippen LogP contribution in [0.4, 0.5) is 5.69 Å². The third-order valence-electron chi connectivity index (χ3n) is 7.05. The molecule has 0 aliphatic heterocycles. The van der Waals surface area contributed by atoms with Crippen LogP contribution < -0.4 is 26.8 Å². The van der Waals surface area contributed by atoms with E-state index < -0.39 is 13.3 Å². The number of benzene rings is 5. The fourth-order valence-electron chi connectivity index (χ4n) is 5.39. The van der Waals surface area contributed by atoms with Gasteiger partial charge in [-0.25, -0.2) is 5.43 Å². The van der Waals surface area contributed by atoms with Crippen LogP contribution in [0.1, 0.15) is 18.1 Å². The molecule has 0 aliphatic rings. The number of hydrogen-bond acceptors (Lipinski definition) is 4. The lowest BCUT2D eigenvalue weighted by Crippen LogP contribution is -2.50. The first-order valence-electron chi connectivity index (χ1n) is 13.6. The average molecular weight is 546 g/mol. The van der Waals surface area contributed by atoms with Crippen LogP contribution in [0.5, 0.6) is 0 Å². The summed E-state index contributed by atoms with van der Waals surface area (Å²) < 4.78 is 5.77. The molecule has 5 rings (SSSR count). The topological polar surface area (TPSA) is 50.4 Å². The van der Waals surface area contributed by atoms with Gasteiger partial charge in [-0.15, -0.1) is 0 Å². The highest BCUT2D eigenvalue weighted by molar-refractivity contribution is 7.96. The number of carbonyl (C=O) groups excluding carboxylic acids is 1. The highest BCUT2D eigenvalue weighted by atomic mass is 31.2. The number of carbonyl (C=O) groups is 1. The number of ether oxygens (including phenoxy) is 1. The van der Waals surface area contributed by atoms with Gasteiger partial charge in [0.15, 0.2) is 6.04 Å². The molecular weight excluding hydrogens is 511 g/mol. The lowest BCUT2D eigenvalue weighted by atomic mass is 10.1. The van der Waals surface area contributed by atoms with E-state index in [1.54, 1.807) is 0 Å². The van der Waals surface area contributed by atoms with Crippen LogP contribution in [0.15, 0.2) is 152 Å². The Kier molecular flexibility index (Phi) is 9.03. The maximum absolute atomic E-state index is 14.0. The number of hydrogen-bond donors (Lipinski definition) is 2. The molecule has 200 valence electrons. The van der Waals surface area contributed by atoms with Crippen LogP contribution in [0.2, 0.25) is 0 Å². The van der Waals surface area contributed by atoms with E-state index in [9.17, 15) is 4.79 Å². The summed E-state index contributed by atoms with van der Waals surface area (Å²) in [6, 6.07) is 51.4. The van der Waals surface area contributed by atoms with Crippen molar-refractivity contribution in [2.45, 2.75) is 18.6 Å². The molecule has 0 fully saturated rings. The Morgan fingerprint density at radius 1 is 0.625 bits per heavy atom. The minimum atomic E-state index is -2.54. The molecule has 5 aromatic rings. The number of para-hydroxylation sites is 1. The van der Waals surface area contributed by atoms with Gasteiger partial charge in [-0.3, -0.25) is 4.79 Å². The number of rotatable bonds is 11. The number of esters is 1. The van der Waals surface area contributed by atoms with E-state index in [0.29, 0.717) is 0 Å². The van der Waals surface area contributed by atoms with Gasteiger partial charge in [0.25, 0.3) is 0 Å². The molecule has 2 N–H and O–H groups in total. The van der Waals surface area contributed by atoms with Crippen molar-refractivity contribution >= 4 is 34.8 Å². The quantitative estimate of drug-likeness (QED) is 0.117. The first-order chi connectivity index (χ1) is 19.7. The molecule has 0 aromatic heterocycles. The Hall–Kier alpha value is -4.24. The van der Waals surface area contributed by atoms with Gasteiger partial charge < -0.3 is 10.2 Å². The van der Waals surface area contributed by atoms with Crippen molar-refractivity contribution in [2.24, 2.45) is 0 Å². The average Bonchev–Trinajstić information content (AvgIpc) is 3.03. The lowest BCUT2D eigenvalue weighted by Gasteiger charge is -2.38. The molecule has 0 bridgehead atoms. The standard InChI is InChI=1S/C35H34N2O2P/c1-2-39-35(38)33(37-36-29-20-10-4-11-21-29)34(28-18-8-3-9-19-28)40(30-22-12-5-13-23-30,31-24-14-6-15-25-31)32-26-16-7-17-27-32/h3-27,33-34,36-37H,2H2,1H3/q+1/t33-,34-/m0/s1. The van der Waals surface area contributed by atoms with Gasteiger partial charge in [-0.2, -0.15) is 0 Å². The van der Waals surface area contributed by atoms with Gasteiger partial charge in [0.2, 0.25) is 0 Å². The summed E-state index contributed by atoms with van der Waals surface area (Å²) in [6.07, 6.45) is 0. The molecule has 0 saturated heterocycles. The molecule has 40 heavy (non-hydrogen) atoms. The van der Waals surface area contributed by atoms with Crippen molar-refractivity contribution < 1.29 is 9.53 Å². The minimum absolute atomic E-state index is 0.289. The zero-order valence-corrected chi connectivity index (χ0v) is 23.5. The Morgan fingerprint density at radius 3 is 1.45 bits per heavy atom. The van der Waals surface area contributed by atoms with Crippen LogP contribution in [-0.2, 0) is 9.53 Å². The zero-order chi connectivity index (χ0) is 27.6. The molecule has 0 saturated carbocycles. The lowest BCUT2D eigenvalue weighted by molar-refractivity contribution is -0.145. The normalized spacial score (nSPS) is 12.7. The zero-order valence-electron chi connectivity index (χ0n) is 22.6. The number of anilines is 1. The molecule has 0 radical (unpaired) electrons. The monoisotopic (exact) mass is 545 g/mol. The Morgan fingerprint density at radius 2 is 1.02 bits per heavy atom. The predicted molar refractivity (Wildman–Crippen MR) is 168 cm³/mol. The van der Waals surface area contributed by atoms with E-state index in [-0.39, 0.29) is 18.2 Å². The third-order valence-corrected chi connectivity index (χ3v) is 11.8. The summed E-state index contributed by atoms with van der Waals surface area (Å²) in [7, 11) is -2.54. The van der Waals surface area contributed by atoms with Crippen LogP contribution in [-0.4, -0.2) is 18.6 Å². The fraction of sp³-hybridized carbons (Fsp3) is 0.114. The molecule has 4 nitrogen and oxygen atoms in total. The van der Waals surface area contributed by atoms with E-state index in [4.69, 9.17) is 4.74 Å². The Balaban J connectivity index is 1.82. The second-order valence-corrected chi connectivity index (χ2v) is 13.0. The van der Waals surface area contributed by atoms with Gasteiger partial charge in [0.05, 0.1) is 6.61 Å². The molecule has 0 amide bonds. The molecule has 5 heteroatoms. The minimum Gasteiger partial charge on any atom is -0.465 e. The Labute approximate surface area is 237 Å². The van der Waals surface area contributed by atoms with E-state index in [2.05, 4.69) is 95.8 Å². The molecule has 2 atom stereocenters. The summed E-state index contributed by atoms with van der Waals surface area (Å²) in [5.41, 5.74) is 8.40. The summed E-state index contributed by atoms with van der Waals surface area (Å²) in [6.45, 7) is 2.14. The highest BCUT2D eigenvalue weighted by Crippen LogP contribution is 2.67. The second kappa shape index (κ2) is 13.2. The summed E-state index contributed by atoms with van der Waals surface area (Å²) in [5, 5.41) is 3.58. The third kappa shape index (κ3) is 5.70. The van der Waals surface area contributed by atoms with Crippen molar-refractivity contribution in [1.29, 1.82) is 0 Å². The molecule has 0 aliphatic carbocycles. The molecule has 0 unspecified atom stereocenters. The highest BCUT2D eigenvalue weighted by Gasteiger charge is 2.58. The van der Waals surface area contributed by atoms with E-state index in [1.807, 2.05) is 73.7 Å². The molecule has 0 spiro atoms. The van der Waals surface area contributed by atoms with Crippen LogP contribution in [0.3, 0.4) is 0 Å². The largest absolute Gasteiger partial charge is 0.465 e. The van der Waals surface area contributed by atoms with Gasteiger partial charge in [-0.1, -0.05) is 103 Å². The molecule has 5 aromatic carbocycles. The van der Waals surface area contributed by atoms with Crippen molar-refractivity contribution in [3.63, 3.8) is 0 Å². The van der Waals surface area contributed by atoms with Gasteiger partial charge >= 0.3 is 5.97 Å². The maximum Gasteiger partial charge on any atom is 0.329 e. The van der Waals surface area contributed by atoms with E-state index >= 15 is 0 Å². The van der Waals surface area contributed by atoms with Gasteiger partial charge in [0.1, 0.15) is 28.8 Å². The van der Waals surface area contributed by atoms with Gasteiger partial charge in [0, 0.05) is 5.69 Å². The first kappa shape index (κ1) is 27.3.